The van der Waals surface area contributed by atoms with Gasteiger partial charge in [-0.25, -0.2) is 0 Å². The first-order valence-corrected chi connectivity index (χ1v) is 7.67. The lowest BCUT2D eigenvalue weighted by Gasteiger charge is -2.21. The van der Waals surface area contributed by atoms with Crippen molar-refractivity contribution in [1.82, 2.24) is 5.32 Å². The predicted octanol–water partition coefficient (Wildman–Crippen LogP) is 3.67. The predicted molar refractivity (Wildman–Crippen MR) is 80.6 cm³/mol. The van der Waals surface area contributed by atoms with Crippen molar-refractivity contribution >= 4 is 5.91 Å². The Labute approximate surface area is 121 Å². The molecule has 110 valence electrons. The fraction of sp³-hybridized carbons (Fsp3) is 0.588. The van der Waals surface area contributed by atoms with Gasteiger partial charge >= 0.3 is 0 Å². The second-order valence-electron chi connectivity index (χ2n) is 5.67. The zero-order valence-corrected chi connectivity index (χ0v) is 12.4. The molecule has 3 heteroatoms. The van der Waals surface area contributed by atoms with E-state index < -0.39 is 0 Å². The van der Waals surface area contributed by atoms with Gasteiger partial charge in [0.15, 0.2) is 0 Å². The zero-order chi connectivity index (χ0) is 14.2. The molecule has 0 bridgehead atoms. The molecule has 0 aliphatic heterocycles. The lowest BCUT2D eigenvalue weighted by Crippen LogP contribution is -2.23. The molecule has 1 saturated carbocycles. The van der Waals surface area contributed by atoms with Crippen LogP contribution < -0.4 is 10.1 Å². The highest BCUT2D eigenvalue weighted by molar-refractivity contribution is 5.75. The largest absolute Gasteiger partial charge is 0.497 e. The van der Waals surface area contributed by atoms with E-state index in [2.05, 4.69) is 5.32 Å². The Hall–Kier alpha value is -1.51. The van der Waals surface area contributed by atoms with Crippen molar-refractivity contribution < 1.29 is 9.53 Å². The molecule has 1 fully saturated rings. The molecular weight excluding hydrogens is 250 g/mol. The summed E-state index contributed by atoms with van der Waals surface area (Å²) in [4.78, 5) is 11.9. The SMILES string of the molecule is COc1cccc(CNC(=O)CCC2CCCCC2)c1. The maximum Gasteiger partial charge on any atom is 0.220 e. The number of carbonyl (C=O) groups is 1. The summed E-state index contributed by atoms with van der Waals surface area (Å²) < 4.78 is 5.18. The van der Waals surface area contributed by atoms with Gasteiger partial charge in [-0.05, 0) is 30.0 Å². The summed E-state index contributed by atoms with van der Waals surface area (Å²) in [6.45, 7) is 0.584. The Balaban J connectivity index is 1.68. The summed E-state index contributed by atoms with van der Waals surface area (Å²) in [6, 6.07) is 7.82. The van der Waals surface area contributed by atoms with Crippen LogP contribution in [0.15, 0.2) is 24.3 Å². The Morgan fingerprint density at radius 3 is 2.85 bits per heavy atom. The molecule has 0 atom stereocenters. The molecule has 3 nitrogen and oxygen atoms in total. The van der Waals surface area contributed by atoms with Crippen LogP contribution in [-0.2, 0) is 11.3 Å². The van der Waals surface area contributed by atoms with Crippen LogP contribution in [-0.4, -0.2) is 13.0 Å². The highest BCUT2D eigenvalue weighted by atomic mass is 16.5. The van der Waals surface area contributed by atoms with Crippen molar-refractivity contribution in [3.63, 3.8) is 0 Å². The first-order chi connectivity index (χ1) is 9.78. The van der Waals surface area contributed by atoms with Crippen LogP contribution in [0.25, 0.3) is 0 Å². The van der Waals surface area contributed by atoms with Crippen LogP contribution in [0, 0.1) is 5.92 Å². The first-order valence-electron chi connectivity index (χ1n) is 7.67. The van der Waals surface area contributed by atoms with Crippen LogP contribution in [0.2, 0.25) is 0 Å². The van der Waals surface area contributed by atoms with Gasteiger partial charge in [-0.1, -0.05) is 44.2 Å². The maximum absolute atomic E-state index is 11.9. The summed E-state index contributed by atoms with van der Waals surface area (Å²) in [5.41, 5.74) is 1.08. The summed E-state index contributed by atoms with van der Waals surface area (Å²) in [5.74, 6) is 1.77. The van der Waals surface area contributed by atoms with Gasteiger partial charge in [-0.3, -0.25) is 4.79 Å². The number of carbonyl (C=O) groups excluding carboxylic acids is 1. The number of methoxy groups -OCH3 is 1. The fourth-order valence-electron chi connectivity index (χ4n) is 2.88. The third-order valence-electron chi connectivity index (χ3n) is 4.13. The van der Waals surface area contributed by atoms with Crippen LogP contribution in [0.3, 0.4) is 0 Å². The first kappa shape index (κ1) is 14.9. The average Bonchev–Trinajstić information content (AvgIpc) is 2.52. The quantitative estimate of drug-likeness (QED) is 0.860. The number of hydrogen-bond donors (Lipinski definition) is 1. The van der Waals surface area contributed by atoms with E-state index in [1.807, 2.05) is 24.3 Å². The van der Waals surface area contributed by atoms with E-state index in [4.69, 9.17) is 4.74 Å². The summed E-state index contributed by atoms with van der Waals surface area (Å²) >= 11 is 0. The molecule has 0 radical (unpaired) electrons. The molecule has 1 N–H and O–H groups in total. The van der Waals surface area contributed by atoms with Crippen molar-refractivity contribution in [1.29, 1.82) is 0 Å². The van der Waals surface area contributed by atoms with E-state index in [1.165, 1.54) is 32.1 Å². The van der Waals surface area contributed by atoms with Crippen LogP contribution in [0.4, 0.5) is 0 Å². The van der Waals surface area contributed by atoms with E-state index in [0.717, 1.165) is 23.7 Å². The van der Waals surface area contributed by atoms with Gasteiger partial charge in [0.25, 0.3) is 0 Å². The molecule has 0 aromatic heterocycles. The highest BCUT2D eigenvalue weighted by Crippen LogP contribution is 2.27. The Kier molecular flexibility index (Phi) is 5.90. The smallest absolute Gasteiger partial charge is 0.220 e. The molecule has 1 aromatic carbocycles. The second kappa shape index (κ2) is 7.93. The molecular formula is C17H25NO2. The van der Waals surface area contributed by atoms with E-state index in [9.17, 15) is 4.79 Å². The van der Waals surface area contributed by atoms with Crippen molar-refractivity contribution in [3.05, 3.63) is 29.8 Å². The number of benzene rings is 1. The normalized spacial score (nSPS) is 15.8. The van der Waals surface area contributed by atoms with E-state index in [0.29, 0.717) is 13.0 Å². The minimum atomic E-state index is 0.165. The standard InChI is InChI=1S/C17H25NO2/c1-20-16-9-5-8-15(12-16)13-18-17(19)11-10-14-6-3-2-4-7-14/h5,8-9,12,14H,2-4,6-7,10-11,13H2,1H3,(H,18,19). The monoisotopic (exact) mass is 275 g/mol. The molecule has 1 aliphatic carbocycles. The van der Waals surface area contributed by atoms with Gasteiger partial charge in [-0.2, -0.15) is 0 Å². The third kappa shape index (κ3) is 4.87. The Morgan fingerprint density at radius 2 is 2.10 bits per heavy atom. The second-order valence-corrected chi connectivity index (χ2v) is 5.67. The highest BCUT2D eigenvalue weighted by Gasteiger charge is 2.14. The van der Waals surface area contributed by atoms with Crippen molar-refractivity contribution in [2.75, 3.05) is 7.11 Å². The molecule has 0 heterocycles. The minimum Gasteiger partial charge on any atom is -0.497 e. The van der Waals surface area contributed by atoms with Crippen LogP contribution in [0.5, 0.6) is 5.75 Å². The van der Waals surface area contributed by atoms with Gasteiger partial charge in [0.1, 0.15) is 5.75 Å². The average molecular weight is 275 g/mol. The fourth-order valence-corrected chi connectivity index (χ4v) is 2.88. The summed E-state index contributed by atoms with van der Waals surface area (Å²) in [6.07, 6.45) is 8.38. The Bertz CT molecular complexity index is 425. The summed E-state index contributed by atoms with van der Waals surface area (Å²) in [5, 5.41) is 3.00. The van der Waals surface area contributed by atoms with Gasteiger partial charge in [0.05, 0.1) is 7.11 Å². The number of amides is 1. The van der Waals surface area contributed by atoms with Crippen molar-refractivity contribution in [3.8, 4) is 5.75 Å². The van der Waals surface area contributed by atoms with E-state index in [-0.39, 0.29) is 5.91 Å². The zero-order valence-electron chi connectivity index (χ0n) is 12.4. The topological polar surface area (TPSA) is 38.3 Å². The van der Waals surface area contributed by atoms with E-state index >= 15 is 0 Å². The lowest BCUT2D eigenvalue weighted by molar-refractivity contribution is -0.121. The van der Waals surface area contributed by atoms with Gasteiger partial charge in [0, 0.05) is 13.0 Å². The molecule has 0 unspecified atom stereocenters. The molecule has 20 heavy (non-hydrogen) atoms. The van der Waals surface area contributed by atoms with Crippen molar-refractivity contribution in [2.45, 2.75) is 51.5 Å². The van der Waals surface area contributed by atoms with Gasteiger partial charge < -0.3 is 10.1 Å². The third-order valence-corrected chi connectivity index (χ3v) is 4.13. The number of rotatable bonds is 6. The molecule has 1 aromatic rings. The van der Waals surface area contributed by atoms with Gasteiger partial charge in [-0.15, -0.1) is 0 Å². The number of nitrogens with one attached hydrogen (secondary N) is 1. The summed E-state index contributed by atoms with van der Waals surface area (Å²) in [7, 11) is 1.65. The van der Waals surface area contributed by atoms with Crippen LogP contribution in [0.1, 0.15) is 50.5 Å². The van der Waals surface area contributed by atoms with E-state index in [1.54, 1.807) is 7.11 Å². The van der Waals surface area contributed by atoms with Gasteiger partial charge in [0.2, 0.25) is 5.91 Å². The van der Waals surface area contributed by atoms with Crippen LogP contribution >= 0.6 is 0 Å². The van der Waals surface area contributed by atoms with Crippen molar-refractivity contribution in [2.24, 2.45) is 5.92 Å². The number of ether oxygens (including phenoxy) is 1. The molecule has 0 spiro atoms. The lowest BCUT2D eigenvalue weighted by atomic mass is 9.86. The minimum absolute atomic E-state index is 0.165. The molecule has 1 amide bonds. The maximum atomic E-state index is 11.9. The molecule has 1 aliphatic rings. The molecule has 2 rings (SSSR count). The number of hydrogen-bond acceptors (Lipinski definition) is 2. The Morgan fingerprint density at radius 1 is 1.30 bits per heavy atom. The molecule has 0 saturated heterocycles.